The Kier molecular flexibility index (Phi) is 6.00. The van der Waals surface area contributed by atoms with Crippen LogP contribution in [0, 0.1) is 11.6 Å². The van der Waals surface area contributed by atoms with E-state index in [0.29, 0.717) is 28.8 Å². The first kappa shape index (κ1) is 21.2. The Labute approximate surface area is 168 Å². The number of carbonyl (C=O) groups is 1. The number of halogens is 5. The Morgan fingerprint density at radius 1 is 1.03 bits per heavy atom. The zero-order chi connectivity index (χ0) is 21.9. The fourth-order valence-corrected chi connectivity index (χ4v) is 2.88. The number of hydrogen-bond donors (Lipinski definition) is 1. The van der Waals surface area contributed by atoms with E-state index in [1.54, 1.807) is 6.07 Å². The minimum Gasteiger partial charge on any atom is -0.496 e. The van der Waals surface area contributed by atoms with Crippen molar-refractivity contribution in [1.29, 1.82) is 0 Å². The average Bonchev–Trinajstić information content (AvgIpc) is 2.71. The van der Waals surface area contributed by atoms with Crippen LogP contribution in [0.5, 0.6) is 5.75 Å². The zero-order valence-electron chi connectivity index (χ0n) is 15.6. The van der Waals surface area contributed by atoms with Gasteiger partial charge in [-0.15, -0.1) is 0 Å². The maximum Gasteiger partial charge on any atom is 0.416 e. The van der Waals surface area contributed by atoms with E-state index in [1.807, 2.05) is 0 Å². The lowest BCUT2D eigenvalue weighted by atomic mass is 10.0. The fraction of sp³-hybridized carbons (Fsp3) is 0.143. The predicted octanol–water partition coefficient (Wildman–Crippen LogP) is 4.98. The van der Waals surface area contributed by atoms with E-state index in [1.165, 1.54) is 37.7 Å². The van der Waals surface area contributed by atoms with Crippen LogP contribution in [0.2, 0.25) is 0 Å². The normalized spacial score (nSPS) is 11.3. The zero-order valence-corrected chi connectivity index (χ0v) is 15.6. The molecule has 156 valence electrons. The van der Waals surface area contributed by atoms with Gasteiger partial charge in [-0.25, -0.2) is 8.78 Å². The number of ether oxygens (including phenoxy) is 1. The van der Waals surface area contributed by atoms with Crippen LogP contribution in [0.4, 0.5) is 22.0 Å². The first-order valence-electron chi connectivity index (χ1n) is 8.62. The largest absolute Gasteiger partial charge is 0.496 e. The molecule has 2 aromatic carbocycles. The molecule has 1 aromatic heterocycles. The summed E-state index contributed by atoms with van der Waals surface area (Å²) < 4.78 is 70.8. The lowest BCUT2D eigenvalue weighted by Crippen LogP contribution is -2.24. The quantitative estimate of drug-likeness (QED) is 0.590. The van der Waals surface area contributed by atoms with E-state index in [4.69, 9.17) is 4.74 Å². The molecule has 30 heavy (non-hydrogen) atoms. The van der Waals surface area contributed by atoms with Crippen LogP contribution in [0.3, 0.4) is 0 Å². The average molecular weight is 422 g/mol. The van der Waals surface area contributed by atoms with Gasteiger partial charge in [-0.05, 0) is 47.5 Å². The summed E-state index contributed by atoms with van der Waals surface area (Å²) >= 11 is 0. The van der Waals surface area contributed by atoms with Gasteiger partial charge in [-0.2, -0.15) is 13.2 Å². The third-order valence-corrected chi connectivity index (χ3v) is 4.28. The molecule has 1 N–H and O–H groups in total. The molecule has 0 saturated carbocycles. The highest BCUT2D eigenvalue weighted by atomic mass is 19.4. The van der Waals surface area contributed by atoms with Crippen molar-refractivity contribution in [3.63, 3.8) is 0 Å². The number of benzene rings is 2. The third kappa shape index (κ3) is 4.73. The minimum atomic E-state index is -4.78. The number of nitrogens with one attached hydrogen (secondary N) is 1. The first-order valence-corrected chi connectivity index (χ1v) is 8.62. The summed E-state index contributed by atoms with van der Waals surface area (Å²) in [6, 6.07) is 7.17. The second kappa shape index (κ2) is 8.48. The van der Waals surface area contributed by atoms with Crippen LogP contribution >= 0.6 is 0 Å². The molecular weight excluding hydrogens is 407 g/mol. The van der Waals surface area contributed by atoms with E-state index < -0.39 is 34.8 Å². The van der Waals surface area contributed by atoms with E-state index in [-0.39, 0.29) is 12.3 Å². The lowest BCUT2D eigenvalue weighted by Gasteiger charge is -2.14. The summed E-state index contributed by atoms with van der Waals surface area (Å²) in [6.45, 7) is -0.111. The molecule has 3 aromatic rings. The van der Waals surface area contributed by atoms with Crippen LogP contribution < -0.4 is 10.1 Å². The summed E-state index contributed by atoms with van der Waals surface area (Å²) in [4.78, 5) is 16.3. The molecule has 0 aliphatic rings. The Bertz CT molecular complexity index is 1080. The number of hydrogen-bond acceptors (Lipinski definition) is 3. The molecule has 1 amide bonds. The molecule has 0 unspecified atom stereocenters. The van der Waals surface area contributed by atoms with Gasteiger partial charge < -0.3 is 10.1 Å². The molecule has 4 nitrogen and oxygen atoms in total. The van der Waals surface area contributed by atoms with Crippen molar-refractivity contribution in [2.24, 2.45) is 0 Å². The van der Waals surface area contributed by atoms with Crippen molar-refractivity contribution < 1.29 is 31.5 Å². The summed E-state index contributed by atoms with van der Waals surface area (Å²) in [5.74, 6) is -2.30. The molecule has 0 atom stereocenters. The van der Waals surface area contributed by atoms with Gasteiger partial charge in [0.25, 0.3) is 5.91 Å². The molecular formula is C21H15F5N2O2. The molecule has 0 spiro atoms. The standard InChI is InChI=1S/C21H15F5N2O2/c1-30-19-9-15(22)2-3-18(19)17-4-5-27-10-13(17)11-28-20(29)12-6-14(21(24,25)26)8-16(23)7-12/h2-10H,11H2,1H3,(H,28,29). The molecule has 0 fully saturated rings. The van der Waals surface area contributed by atoms with Crippen LogP contribution in [-0.2, 0) is 12.7 Å². The van der Waals surface area contributed by atoms with Crippen molar-refractivity contribution >= 4 is 5.91 Å². The maximum absolute atomic E-state index is 13.5. The SMILES string of the molecule is COc1cc(F)ccc1-c1ccncc1CNC(=O)c1cc(F)cc(C(F)(F)F)c1. The Morgan fingerprint density at radius 2 is 1.80 bits per heavy atom. The van der Waals surface area contributed by atoms with Gasteiger partial charge in [0.05, 0.1) is 12.7 Å². The fourth-order valence-electron chi connectivity index (χ4n) is 2.88. The Balaban J connectivity index is 1.86. The van der Waals surface area contributed by atoms with Gasteiger partial charge in [-0.1, -0.05) is 0 Å². The monoisotopic (exact) mass is 422 g/mol. The topological polar surface area (TPSA) is 51.2 Å². The molecule has 0 aliphatic heterocycles. The second-order valence-corrected chi connectivity index (χ2v) is 6.29. The number of alkyl halides is 3. The molecule has 3 rings (SSSR count). The highest BCUT2D eigenvalue weighted by Gasteiger charge is 2.32. The summed E-state index contributed by atoms with van der Waals surface area (Å²) in [5.41, 5.74) is -0.103. The van der Waals surface area contributed by atoms with Gasteiger partial charge in [0.15, 0.2) is 0 Å². The highest BCUT2D eigenvalue weighted by Crippen LogP contribution is 2.33. The van der Waals surface area contributed by atoms with E-state index in [0.717, 1.165) is 6.07 Å². The van der Waals surface area contributed by atoms with Crippen LogP contribution in [0.1, 0.15) is 21.5 Å². The van der Waals surface area contributed by atoms with Gasteiger partial charge in [0.2, 0.25) is 0 Å². The van der Waals surface area contributed by atoms with Crippen LogP contribution in [0.25, 0.3) is 11.1 Å². The van der Waals surface area contributed by atoms with Crippen LogP contribution in [0.15, 0.2) is 54.9 Å². The van der Waals surface area contributed by atoms with Gasteiger partial charge in [0.1, 0.15) is 17.4 Å². The number of nitrogens with zero attached hydrogens (tertiary/aromatic N) is 1. The van der Waals surface area contributed by atoms with Crippen molar-refractivity contribution in [3.05, 3.63) is 83.2 Å². The molecule has 9 heteroatoms. The third-order valence-electron chi connectivity index (χ3n) is 4.28. The lowest BCUT2D eigenvalue weighted by molar-refractivity contribution is -0.137. The van der Waals surface area contributed by atoms with Crippen LogP contribution in [-0.4, -0.2) is 18.0 Å². The van der Waals surface area contributed by atoms with Gasteiger partial charge in [-0.3, -0.25) is 9.78 Å². The Morgan fingerprint density at radius 3 is 2.50 bits per heavy atom. The van der Waals surface area contributed by atoms with Crippen molar-refractivity contribution in [2.45, 2.75) is 12.7 Å². The first-order chi connectivity index (χ1) is 14.2. The number of methoxy groups -OCH3 is 1. The number of pyridine rings is 1. The summed E-state index contributed by atoms with van der Waals surface area (Å²) in [5, 5.41) is 2.45. The summed E-state index contributed by atoms with van der Waals surface area (Å²) in [7, 11) is 1.38. The molecule has 0 radical (unpaired) electrons. The Hall–Kier alpha value is -3.49. The van der Waals surface area contributed by atoms with E-state index in [9.17, 15) is 26.7 Å². The van der Waals surface area contributed by atoms with Gasteiger partial charge >= 0.3 is 6.18 Å². The van der Waals surface area contributed by atoms with Crippen molar-refractivity contribution in [1.82, 2.24) is 10.3 Å². The van der Waals surface area contributed by atoms with Crippen molar-refractivity contribution in [3.8, 4) is 16.9 Å². The highest BCUT2D eigenvalue weighted by molar-refractivity contribution is 5.94. The maximum atomic E-state index is 13.5. The summed E-state index contributed by atoms with van der Waals surface area (Å²) in [6.07, 6.45) is -1.84. The smallest absolute Gasteiger partial charge is 0.416 e. The van der Waals surface area contributed by atoms with Gasteiger partial charge in [0, 0.05) is 36.1 Å². The number of carbonyl (C=O) groups excluding carboxylic acids is 1. The molecule has 1 heterocycles. The second-order valence-electron chi connectivity index (χ2n) is 6.29. The van der Waals surface area contributed by atoms with E-state index in [2.05, 4.69) is 10.3 Å². The molecule has 0 bridgehead atoms. The van der Waals surface area contributed by atoms with E-state index >= 15 is 0 Å². The van der Waals surface area contributed by atoms with Crippen molar-refractivity contribution in [2.75, 3.05) is 7.11 Å². The number of rotatable bonds is 5. The number of amides is 1. The predicted molar refractivity (Wildman–Crippen MR) is 98.8 cm³/mol. The molecule has 0 saturated heterocycles. The number of aromatic nitrogens is 1. The minimum absolute atomic E-state index is 0.111. The molecule has 0 aliphatic carbocycles.